The fraction of sp³-hybridized carbons (Fsp3) is 1.00. The van der Waals surface area contributed by atoms with Gasteiger partial charge in [-0.25, -0.2) is 0 Å². The van der Waals surface area contributed by atoms with Gasteiger partial charge in [0, 0.05) is 0 Å². The molecule has 0 spiro atoms. The van der Waals surface area contributed by atoms with E-state index in [-0.39, 0.29) is 0 Å². The lowest BCUT2D eigenvalue weighted by atomic mass is 10.0. The van der Waals surface area contributed by atoms with Crippen LogP contribution in [0.1, 0.15) is 96.8 Å². The van der Waals surface area contributed by atoms with E-state index in [1.807, 2.05) is 0 Å². The Morgan fingerprint density at radius 2 is 1.09 bits per heavy atom. The van der Waals surface area contributed by atoms with Crippen molar-refractivity contribution in [3.63, 3.8) is 0 Å². The Balaban J connectivity index is 1.71. The van der Waals surface area contributed by atoms with Crippen molar-refractivity contribution in [3.8, 4) is 0 Å². The van der Waals surface area contributed by atoms with Gasteiger partial charge in [-0.15, -0.1) is 0 Å². The first-order valence-electron chi connectivity index (χ1n) is 9.80. The van der Waals surface area contributed by atoms with E-state index in [2.05, 4.69) is 6.92 Å². The van der Waals surface area contributed by atoms with Crippen LogP contribution in [-0.2, 0) is 25.4 Å². The average molecular weight is 365 g/mol. The molecule has 138 valence electrons. The van der Waals surface area contributed by atoms with Gasteiger partial charge >= 0.3 is 6.72 Å². The van der Waals surface area contributed by atoms with Crippen LogP contribution in [0, 0.1) is 0 Å². The quantitative estimate of drug-likeness (QED) is 0.223. The van der Waals surface area contributed by atoms with E-state index in [9.17, 15) is 0 Å². The Hall–Kier alpha value is 0.530. The number of hydrogen-bond acceptors (Lipinski definition) is 4. The van der Waals surface area contributed by atoms with Crippen molar-refractivity contribution in [3.05, 3.63) is 0 Å². The molecule has 0 aromatic rings. The van der Waals surface area contributed by atoms with Crippen molar-refractivity contribution in [1.82, 2.24) is 0 Å². The minimum Gasteiger partial charge on any atom is -0.309 e. The maximum Gasteiger partial charge on any atom is 0.327 e. The Morgan fingerprint density at radius 3 is 1.52 bits per heavy atom. The van der Waals surface area contributed by atoms with Crippen LogP contribution >= 0.6 is 6.72 Å². The van der Waals surface area contributed by atoms with E-state index in [4.69, 9.17) is 25.4 Å². The Bertz CT molecular complexity index is 303. The second-order valence-electron chi connectivity index (χ2n) is 6.54. The molecule has 5 heteroatoms. The van der Waals surface area contributed by atoms with Crippen LogP contribution in [0.4, 0.5) is 0 Å². The van der Waals surface area contributed by atoms with Crippen molar-refractivity contribution in [1.29, 1.82) is 0 Å². The van der Waals surface area contributed by atoms with Crippen LogP contribution in [0.3, 0.4) is 0 Å². The first kappa shape index (κ1) is 21.6. The molecule has 1 fully saturated rings. The van der Waals surface area contributed by atoms with Crippen molar-refractivity contribution >= 4 is 18.5 Å². The summed E-state index contributed by atoms with van der Waals surface area (Å²) in [5, 5.41) is 0. The zero-order valence-corrected chi connectivity index (χ0v) is 16.8. The summed E-state index contributed by atoms with van der Waals surface area (Å²) in [6.07, 6.45) is 19.2. The number of hydrogen-bond donors (Lipinski definition) is 0. The second kappa shape index (κ2) is 14.8. The molecule has 23 heavy (non-hydrogen) atoms. The summed E-state index contributed by atoms with van der Waals surface area (Å²) in [4.78, 5) is 0. The summed E-state index contributed by atoms with van der Waals surface area (Å²) in [6.45, 7) is 1.83. The monoisotopic (exact) mass is 364 g/mol. The van der Waals surface area contributed by atoms with E-state index < -0.39 is 6.72 Å². The first-order chi connectivity index (χ1) is 11.3. The minimum absolute atomic E-state index is 0.593. The molecule has 1 saturated heterocycles. The lowest BCUT2D eigenvalue weighted by Crippen LogP contribution is -1.93. The molecule has 3 nitrogen and oxygen atoms in total. The third-order valence-electron chi connectivity index (χ3n) is 4.33. The standard InChI is InChI=1S/C18H37O3PS/c1-2-3-4-5-6-7-8-9-10-11-12-13-14-15-16-19-22(23)20-17-18-21-22/h2-18H2,1H3. The smallest absolute Gasteiger partial charge is 0.309 e. The summed E-state index contributed by atoms with van der Waals surface area (Å²) in [6, 6.07) is 0. The molecular weight excluding hydrogens is 327 g/mol. The topological polar surface area (TPSA) is 27.7 Å². The van der Waals surface area contributed by atoms with Crippen molar-refractivity contribution in [2.75, 3.05) is 19.8 Å². The van der Waals surface area contributed by atoms with E-state index in [1.165, 1.54) is 83.5 Å². The van der Waals surface area contributed by atoms with Gasteiger partial charge in [0.2, 0.25) is 0 Å². The predicted octanol–water partition coefficient (Wildman–Crippen LogP) is 6.76. The highest BCUT2D eigenvalue weighted by Gasteiger charge is 2.25. The lowest BCUT2D eigenvalue weighted by Gasteiger charge is -2.13. The largest absolute Gasteiger partial charge is 0.327 e. The highest BCUT2D eigenvalue weighted by Crippen LogP contribution is 2.53. The van der Waals surface area contributed by atoms with Gasteiger partial charge in [-0.1, -0.05) is 90.4 Å². The van der Waals surface area contributed by atoms with Crippen LogP contribution in [0.25, 0.3) is 0 Å². The molecule has 0 saturated carbocycles. The number of unbranched alkanes of at least 4 members (excludes halogenated alkanes) is 13. The molecular formula is C18H37O3PS. The second-order valence-corrected chi connectivity index (χ2v) is 9.55. The van der Waals surface area contributed by atoms with Gasteiger partial charge in [0.1, 0.15) is 0 Å². The predicted molar refractivity (Wildman–Crippen MR) is 102 cm³/mol. The van der Waals surface area contributed by atoms with Crippen LogP contribution < -0.4 is 0 Å². The van der Waals surface area contributed by atoms with Gasteiger partial charge in [0.25, 0.3) is 0 Å². The van der Waals surface area contributed by atoms with Crippen LogP contribution in [0.15, 0.2) is 0 Å². The van der Waals surface area contributed by atoms with Crippen molar-refractivity contribution < 1.29 is 13.6 Å². The van der Waals surface area contributed by atoms with E-state index in [1.54, 1.807) is 0 Å². The van der Waals surface area contributed by atoms with Crippen LogP contribution in [-0.4, -0.2) is 19.8 Å². The highest BCUT2D eigenvalue weighted by molar-refractivity contribution is 8.07. The zero-order valence-electron chi connectivity index (χ0n) is 15.1. The van der Waals surface area contributed by atoms with Gasteiger partial charge in [-0.2, -0.15) is 0 Å². The van der Waals surface area contributed by atoms with E-state index >= 15 is 0 Å². The Kier molecular flexibility index (Phi) is 13.9. The minimum atomic E-state index is -2.32. The van der Waals surface area contributed by atoms with E-state index in [0.717, 1.165) is 6.42 Å². The SMILES string of the molecule is CCCCCCCCCCCCCCCCOP1(=S)OCCO1. The zero-order chi connectivity index (χ0) is 16.6. The molecule has 0 aliphatic carbocycles. The van der Waals surface area contributed by atoms with Crippen molar-refractivity contribution in [2.24, 2.45) is 0 Å². The maximum absolute atomic E-state index is 5.58. The number of rotatable bonds is 16. The Labute approximate surface area is 149 Å². The third-order valence-corrected chi connectivity index (χ3v) is 6.77. The summed E-state index contributed by atoms with van der Waals surface area (Å²) >= 11 is 5.21. The Morgan fingerprint density at radius 1 is 0.696 bits per heavy atom. The van der Waals surface area contributed by atoms with Gasteiger partial charge < -0.3 is 13.6 Å². The van der Waals surface area contributed by atoms with Gasteiger partial charge in [0.15, 0.2) is 0 Å². The molecule has 0 bridgehead atoms. The fourth-order valence-corrected chi connectivity index (χ4v) is 4.73. The molecule has 1 rings (SSSR count). The molecule has 0 amide bonds. The summed E-state index contributed by atoms with van der Waals surface area (Å²) in [5.74, 6) is 0. The molecule has 0 unspecified atom stereocenters. The highest BCUT2D eigenvalue weighted by atomic mass is 32.5. The fourth-order valence-electron chi connectivity index (χ4n) is 2.88. The summed E-state index contributed by atoms with van der Waals surface area (Å²) in [5.41, 5.74) is 0. The molecule has 0 atom stereocenters. The summed E-state index contributed by atoms with van der Waals surface area (Å²) in [7, 11) is 0. The normalized spacial score (nSPS) is 16.9. The molecule has 1 aliphatic rings. The van der Waals surface area contributed by atoms with E-state index in [0.29, 0.717) is 19.8 Å². The molecule has 0 radical (unpaired) electrons. The first-order valence-corrected chi connectivity index (χ1v) is 12.4. The lowest BCUT2D eigenvalue weighted by molar-refractivity contribution is 0.238. The molecule has 0 N–H and O–H groups in total. The third kappa shape index (κ3) is 12.5. The molecule has 0 aromatic carbocycles. The van der Waals surface area contributed by atoms with Crippen molar-refractivity contribution in [2.45, 2.75) is 96.8 Å². The van der Waals surface area contributed by atoms with Crippen LogP contribution in [0.5, 0.6) is 0 Å². The van der Waals surface area contributed by atoms with Crippen LogP contribution in [0.2, 0.25) is 0 Å². The molecule has 1 heterocycles. The van der Waals surface area contributed by atoms with Gasteiger partial charge in [-0.05, 0) is 18.2 Å². The summed E-state index contributed by atoms with van der Waals surface area (Å²) < 4.78 is 16.3. The maximum atomic E-state index is 5.58. The average Bonchev–Trinajstić information content (AvgIpc) is 2.98. The molecule has 0 aromatic heterocycles. The molecule has 1 aliphatic heterocycles. The van der Waals surface area contributed by atoms with Gasteiger partial charge in [0.05, 0.1) is 19.8 Å². The van der Waals surface area contributed by atoms with Gasteiger partial charge in [-0.3, -0.25) is 0 Å².